The minimum absolute atomic E-state index is 0.132. The summed E-state index contributed by atoms with van der Waals surface area (Å²) < 4.78 is 5.39. The number of fused-ring (bicyclic) bond motifs is 7. The molecule has 1 spiro atoms. The van der Waals surface area contributed by atoms with Gasteiger partial charge in [0, 0.05) is 29.4 Å². The van der Waals surface area contributed by atoms with Gasteiger partial charge in [-0.25, -0.2) is 4.90 Å². The summed E-state index contributed by atoms with van der Waals surface area (Å²) in [7, 11) is 1.54. The van der Waals surface area contributed by atoms with E-state index in [1.54, 1.807) is 18.2 Å². The number of nitrogens with zero attached hydrogens (tertiary/aromatic N) is 3. The third kappa shape index (κ3) is 2.33. The Morgan fingerprint density at radius 1 is 1.12 bits per heavy atom. The maximum absolute atomic E-state index is 13.9. The van der Waals surface area contributed by atoms with Gasteiger partial charge in [-0.05, 0) is 49.7 Å². The number of carbonyl (C=O) groups is 3. The highest BCUT2D eigenvalue weighted by molar-refractivity contribution is 6.25. The molecular weight excluding hydrogens is 428 g/mol. The van der Waals surface area contributed by atoms with Crippen molar-refractivity contribution in [2.24, 2.45) is 11.8 Å². The van der Waals surface area contributed by atoms with Crippen LogP contribution < -0.4 is 15.0 Å². The molecule has 10 nitrogen and oxygen atoms in total. The van der Waals surface area contributed by atoms with Crippen LogP contribution in [0.5, 0.6) is 5.75 Å². The van der Waals surface area contributed by atoms with Crippen molar-refractivity contribution in [1.82, 2.24) is 4.90 Å². The minimum atomic E-state index is -1.29. The first-order chi connectivity index (χ1) is 15.9. The van der Waals surface area contributed by atoms with Crippen molar-refractivity contribution < 1.29 is 24.0 Å². The third-order valence-electron chi connectivity index (χ3n) is 7.52. The molecule has 1 N–H and O–H groups in total. The summed E-state index contributed by atoms with van der Waals surface area (Å²) in [4.78, 5) is 54.7. The number of carbonyl (C=O) groups excluding carboxylic acids is 3. The van der Waals surface area contributed by atoms with Crippen molar-refractivity contribution in [2.45, 2.75) is 24.4 Å². The van der Waals surface area contributed by atoms with Gasteiger partial charge < -0.3 is 10.1 Å². The molecule has 10 heteroatoms. The van der Waals surface area contributed by atoms with Crippen LogP contribution in [0.15, 0.2) is 42.5 Å². The fourth-order valence-electron chi connectivity index (χ4n) is 6.29. The minimum Gasteiger partial charge on any atom is -0.497 e. The lowest BCUT2D eigenvalue weighted by Gasteiger charge is -2.36. The van der Waals surface area contributed by atoms with E-state index in [0.29, 0.717) is 30.0 Å². The summed E-state index contributed by atoms with van der Waals surface area (Å²) in [6.07, 6.45) is 1.53. The molecule has 3 amide bonds. The maximum Gasteiger partial charge on any atom is 0.269 e. The molecular formula is C23H20N4O6. The number of non-ortho nitro benzene ring substituents is 1. The first-order valence-electron chi connectivity index (χ1n) is 10.8. The molecule has 33 heavy (non-hydrogen) atoms. The Morgan fingerprint density at radius 3 is 2.58 bits per heavy atom. The third-order valence-corrected chi connectivity index (χ3v) is 7.52. The van der Waals surface area contributed by atoms with Gasteiger partial charge in [0.2, 0.25) is 17.7 Å². The molecule has 4 aliphatic rings. The molecule has 0 unspecified atom stereocenters. The molecule has 6 rings (SSSR count). The molecule has 0 radical (unpaired) electrons. The maximum atomic E-state index is 13.9. The topological polar surface area (TPSA) is 122 Å². The van der Waals surface area contributed by atoms with Crippen LogP contribution in [0.1, 0.15) is 18.4 Å². The van der Waals surface area contributed by atoms with Gasteiger partial charge in [-0.15, -0.1) is 0 Å². The van der Waals surface area contributed by atoms with Crippen LogP contribution in [-0.2, 0) is 19.9 Å². The highest BCUT2D eigenvalue weighted by Crippen LogP contribution is 2.61. The molecule has 2 aromatic rings. The Morgan fingerprint density at radius 2 is 1.88 bits per heavy atom. The van der Waals surface area contributed by atoms with Crippen LogP contribution in [0.2, 0.25) is 0 Å². The summed E-state index contributed by atoms with van der Waals surface area (Å²) in [6.45, 7) is 0.611. The molecule has 3 fully saturated rings. The Bertz CT molecular complexity index is 1240. The molecule has 168 valence electrons. The van der Waals surface area contributed by atoms with E-state index in [-0.39, 0.29) is 29.2 Å². The molecule has 2 aromatic carbocycles. The Kier molecular flexibility index (Phi) is 3.98. The summed E-state index contributed by atoms with van der Waals surface area (Å²) in [5.41, 5.74) is 0.110. The van der Waals surface area contributed by atoms with Crippen LogP contribution >= 0.6 is 0 Å². The number of hydrogen-bond donors (Lipinski definition) is 1. The van der Waals surface area contributed by atoms with E-state index >= 15 is 0 Å². The monoisotopic (exact) mass is 448 g/mol. The molecule has 0 aromatic heterocycles. The number of amides is 3. The van der Waals surface area contributed by atoms with Gasteiger partial charge in [0.1, 0.15) is 11.3 Å². The summed E-state index contributed by atoms with van der Waals surface area (Å²) in [5, 5.41) is 13.9. The first-order valence-corrected chi connectivity index (χ1v) is 10.8. The van der Waals surface area contributed by atoms with Crippen LogP contribution in [0.4, 0.5) is 17.1 Å². The number of nitro groups is 1. The number of anilines is 2. The standard InChI is InChI=1S/C23H20N4O6/c1-33-14-8-9-16-15(11-14)23(22(30)24-16)19-18(17-3-2-10-25(17)23)20(28)26(21(19)29)12-4-6-13(7-5-12)27(31)32/h4-9,11,17-19H,2-3,10H2,1H3,(H,24,30)/t17-,18-,19-,23+/m1/s1. The molecule has 4 aliphatic heterocycles. The van der Waals surface area contributed by atoms with Crippen molar-refractivity contribution in [3.8, 4) is 5.75 Å². The van der Waals surface area contributed by atoms with Crippen LogP contribution in [0.25, 0.3) is 0 Å². The number of nitro benzene ring substituents is 1. The molecule has 0 aliphatic carbocycles. The van der Waals surface area contributed by atoms with Gasteiger partial charge in [0.05, 0.1) is 29.6 Å². The predicted molar refractivity (Wildman–Crippen MR) is 116 cm³/mol. The van der Waals surface area contributed by atoms with Gasteiger partial charge in [-0.2, -0.15) is 0 Å². The van der Waals surface area contributed by atoms with Crippen LogP contribution in [-0.4, -0.2) is 47.2 Å². The molecule has 0 bridgehead atoms. The van der Waals surface area contributed by atoms with Gasteiger partial charge in [-0.1, -0.05) is 0 Å². The Hall–Kier alpha value is -3.79. The van der Waals surface area contributed by atoms with Crippen molar-refractivity contribution in [3.63, 3.8) is 0 Å². The smallest absolute Gasteiger partial charge is 0.269 e. The zero-order chi connectivity index (χ0) is 23.1. The number of hydrogen-bond acceptors (Lipinski definition) is 7. The van der Waals surface area contributed by atoms with Gasteiger partial charge in [0.25, 0.3) is 5.69 Å². The molecule has 4 atom stereocenters. The predicted octanol–water partition coefficient (Wildman–Crippen LogP) is 2.03. The number of nitrogens with one attached hydrogen (secondary N) is 1. The summed E-state index contributed by atoms with van der Waals surface area (Å²) >= 11 is 0. The number of ether oxygens (including phenoxy) is 1. The second kappa shape index (κ2) is 6.61. The van der Waals surface area contributed by atoms with E-state index in [1.165, 1.54) is 31.4 Å². The lowest BCUT2D eigenvalue weighted by atomic mass is 9.75. The second-order valence-corrected chi connectivity index (χ2v) is 8.82. The highest BCUT2D eigenvalue weighted by Gasteiger charge is 2.74. The highest BCUT2D eigenvalue weighted by atomic mass is 16.6. The summed E-state index contributed by atoms with van der Waals surface area (Å²) in [6, 6.07) is 10.4. The lowest BCUT2D eigenvalue weighted by molar-refractivity contribution is -0.384. The second-order valence-electron chi connectivity index (χ2n) is 8.82. The fraction of sp³-hybridized carbons (Fsp3) is 0.348. The van der Waals surface area contributed by atoms with Crippen molar-refractivity contribution >= 4 is 34.8 Å². The average Bonchev–Trinajstić information content (AvgIpc) is 3.51. The van der Waals surface area contributed by atoms with Gasteiger partial charge in [-0.3, -0.25) is 29.4 Å². The average molecular weight is 448 g/mol. The zero-order valence-corrected chi connectivity index (χ0v) is 17.7. The van der Waals surface area contributed by atoms with Crippen molar-refractivity contribution in [1.29, 1.82) is 0 Å². The van der Waals surface area contributed by atoms with E-state index in [0.717, 1.165) is 11.3 Å². The molecule has 4 heterocycles. The SMILES string of the molecule is COc1ccc2c(c1)[C@@]1(C(=O)N2)[C@H]2C(=O)N(c3ccc([N+](=O)[O-])cc3)C(=O)[C@@H]2[C@H]2CCCN21. The van der Waals surface area contributed by atoms with Crippen LogP contribution in [0, 0.1) is 22.0 Å². The molecule has 0 saturated carbocycles. The first kappa shape index (κ1) is 19.9. The van der Waals surface area contributed by atoms with Gasteiger partial charge >= 0.3 is 0 Å². The lowest BCUT2D eigenvalue weighted by Crippen LogP contribution is -2.54. The van der Waals surface area contributed by atoms with Crippen molar-refractivity contribution in [2.75, 3.05) is 23.9 Å². The molecule has 3 saturated heterocycles. The quantitative estimate of drug-likeness (QED) is 0.433. The zero-order valence-electron chi connectivity index (χ0n) is 17.7. The number of imide groups is 1. The van der Waals surface area contributed by atoms with E-state index in [9.17, 15) is 24.5 Å². The number of rotatable bonds is 3. The van der Waals surface area contributed by atoms with Crippen molar-refractivity contribution in [3.05, 3.63) is 58.1 Å². The largest absolute Gasteiger partial charge is 0.497 e. The van der Waals surface area contributed by atoms with E-state index in [1.807, 2.05) is 4.90 Å². The Labute approximate surface area is 188 Å². The number of methoxy groups -OCH3 is 1. The summed E-state index contributed by atoms with van der Waals surface area (Å²) in [5.74, 6) is -2.13. The van der Waals surface area contributed by atoms with E-state index < -0.39 is 28.2 Å². The van der Waals surface area contributed by atoms with Crippen LogP contribution in [0.3, 0.4) is 0 Å². The normalized spacial score (nSPS) is 29.9. The van der Waals surface area contributed by atoms with E-state index in [2.05, 4.69) is 5.32 Å². The number of benzene rings is 2. The Balaban J connectivity index is 1.51. The van der Waals surface area contributed by atoms with E-state index in [4.69, 9.17) is 4.74 Å². The fourth-order valence-corrected chi connectivity index (χ4v) is 6.29. The van der Waals surface area contributed by atoms with Gasteiger partial charge in [0.15, 0.2) is 0 Å².